The van der Waals surface area contributed by atoms with Crippen LogP contribution in [0.5, 0.6) is 17.4 Å². The largest absolute Gasteiger partial charge is 0.494 e. The smallest absolute Gasteiger partial charge is 0.232 e. The van der Waals surface area contributed by atoms with Crippen molar-refractivity contribution in [2.45, 2.75) is 6.42 Å². The quantitative estimate of drug-likeness (QED) is 0.271. The van der Waals surface area contributed by atoms with Crippen LogP contribution in [0.25, 0.3) is 0 Å². The standard InChI is InChI=1S/C19H21F2N5O4/c1-28-14-7-15(29-2)19(21)13(18(14)20)3-6-30-17-11-24-16(10-25-17)26-12(8-22)9-23-4-5-27/h5,7-11,22-23H,3-4,6H2,1-2H3,(H,24,26)/b12-9+,22-8?. The monoisotopic (exact) mass is 421 g/mol. The summed E-state index contributed by atoms with van der Waals surface area (Å²) in [6.45, 7) is 0.0463. The summed E-state index contributed by atoms with van der Waals surface area (Å²) in [4.78, 5) is 18.4. The fourth-order valence-electron chi connectivity index (χ4n) is 2.35. The Kier molecular flexibility index (Phi) is 8.48. The van der Waals surface area contributed by atoms with Crippen LogP contribution in [-0.2, 0) is 11.2 Å². The number of aromatic nitrogens is 2. The van der Waals surface area contributed by atoms with Crippen molar-refractivity contribution in [3.05, 3.63) is 47.6 Å². The van der Waals surface area contributed by atoms with Crippen LogP contribution in [0.3, 0.4) is 0 Å². The average molecular weight is 421 g/mol. The lowest BCUT2D eigenvalue weighted by Gasteiger charge is -2.13. The molecular formula is C19H21F2N5O4. The molecule has 11 heteroatoms. The van der Waals surface area contributed by atoms with Gasteiger partial charge in [-0.2, -0.15) is 0 Å². The summed E-state index contributed by atoms with van der Waals surface area (Å²) in [5, 5.41) is 12.8. The van der Waals surface area contributed by atoms with Crippen LogP contribution in [0.2, 0.25) is 0 Å². The van der Waals surface area contributed by atoms with E-state index in [2.05, 4.69) is 20.6 Å². The number of methoxy groups -OCH3 is 2. The average Bonchev–Trinajstić information content (AvgIpc) is 2.76. The van der Waals surface area contributed by atoms with Gasteiger partial charge in [0.05, 0.1) is 45.5 Å². The van der Waals surface area contributed by atoms with E-state index in [0.717, 1.165) is 12.3 Å². The molecule has 0 bridgehead atoms. The Morgan fingerprint density at radius 2 is 1.87 bits per heavy atom. The summed E-state index contributed by atoms with van der Waals surface area (Å²) in [6, 6.07) is 1.14. The second-order valence-electron chi connectivity index (χ2n) is 5.67. The molecular weight excluding hydrogens is 400 g/mol. The molecule has 0 fully saturated rings. The van der Waals surface area contributed by atoms with Gasteiger partial charge in [-0.1, -0.05) is 0 Å². The summed E-state index contributed by atoms with van der Waals surface area (Å²) >= 11 is 0. The number of allylic oxidation sites excluding steroid dienone is 1. The summed E-state index contributed by atoms with van der Waals surface area (Å²) < 4.78 is 43.9. The molecule has 30 heavy (non-hydrogen) atoms. The van der Waals surface area contributed by atoms with E-state index in [-0.39, 0.29) is 42.5 Å². The number of ether oxygens (including phenoxy) is 3. The van der Waals surface area contributed by atoms with Crippen molar-refractivity contribution in [3.63, 3.8) is 0 Å². The zero-order valence-electron chi connectivity index (χ0n) is 16.4. The third-order valence-electron chi connectivity index (χ3n) is 3.78. The number of anilines is 1. The highest BCUT2D eigenvalue weighted by Crippen LogP contribution is 2.31. The number of carbonyl (C=O) groups excluding carboxylic acids is 1. The number of nitrogens with zero attached hydrogens (tertiary/aromatic N) is 2. The highest BCUT2D eigenvalue weighted by Gasteiger charge is 2.19. The molecule has 160 valence electrons. The Morgan fingerprint density at radius 1 is 1.17 bits per heavy atom. The van der Waals surface area contributed by atoms with Gasteiger partial charge in [-0.15, -0.1) is 0 Å². The van der Waals surface area contributed by atoms with Gasteiger partial charge in [0.2, 0.25) is 5.88 Å². The van der Waals surface area contributed by atoms with E-state index in [0.29, 0.717) is 17.8 Å². The van der Waals surface area contributed by atoms with Crippen molar-refractivity contribution in [2.75, 3.05) is 32.7 Å². The SMILES string of the molecule is COc1cc(OC)c(F)c(CCOc2cnc(N/C(C=N)=C/NCC=O)cn2)c1F. The summed E-state index contributed by atoms with van der Waals surface area (Å²) in [6.07, 6.45) is 5.76. The number of nitrogens with one attached hydrogen (secondary N) is 3. The van der Waals surface area contributed by atoms with Crippen molar-refractivity contribution in [1.82, 2.24) is 15.3 Å². The summed E-state index contributed by atoms with van der Waals surface area (Å²) in [5.74, 6) is -1.42. The molecule has 0 saturated heterocycles. The first-order valence-electron chi connectivity index (χ1n) is 8.72. The molecule has 9 nitrogen and oxygen atoms in total. The Bertz CT molecular complexity index is 879. The zero-order chi connectivity index (χ0) is 21.9. The normalized spacial score (nSPS) is 10.9. The number of aldehydes is 1. The van der Waals surface area contributed by atoms with E-state index < -0.39 is 11.6 Å². The van der Waals surface area contributed by atoms with E-state index in [1.165, 1.54) is 32.8 Å². The molecule has 0 unspecified atom stereocenters. The lowest BCUT2D eigenvalue weighted by molar-refractivity contribution is -0.107. The van der Waals surface area contributed by atoms with Crippen LogP contribution in [0.15, 0.2) is 30.4 Å². The Balaban J connectivity index is 1.99. The van der Waals surface area contributed by atoms with Crippen molar-refractivity contribution in [3.8, 4) is 17.4 Å². The van der Waals surface area contributed by atoms with E-state index in [1.807, 2.05) is 0 Å². The molecule has 1 aromatic heterocycles. The first kappa shape index (κ1) is 22.5. The maximum atomic E-state index is 14.3. The van der Waals surface area contributed by atoms with Gasteiger partial charge in [0.15, 0.2) is 23.1 Å². The molecule has 0 amide bonds. The Morgan fingerprint density at radius 3 is 2.40 bits per heavy atom. The van der Waals surface area contributed by atoms with Gasteiger partial charge in [0.1, 0.15) is 12.1 Å². The van der Waals surface area contributed by atoms with Crippen LogP contribution >= 0.6 is 0 Å². The second-order valence-corrected chi connectivity index (χ2v) is 5.67. The highest BCUT2D eigenvalue weighted by molar-refractivity contribution is 5.80. The maximum absolute atomic E-state index is 14.3. The Labute approximate surface area is 171 Å². The highest BCUT2D eigenvalue weighted by atomic mass is 19.1. The lowest BCUT2D eigenvalue weighted by atomic mass is 10.1. The molecule has 0 atom stereocenters. The predicted molar refractivity (Wildman–Crippen MR) is 105 cm³/mol. The van der Waals surface area contributed by atoms with Gasteiger partial charge in [0.25, 0.3) is 0 Å². The topological polar surface area (TPSA) is 118 Å². The van der Waals surface area contributed by atoms with Gasteiger partial charge in [-0.25, -0.2) is 18.7 Å². The molecule has 0 aliphatic rings. The van der Waals surface area contributed by atoms with E-state index in [4.69, 9.17) is 19.6 Å². The number of halogens is 2. The van der Waals surface area contributed by atoms with Crippen LogP contribution in [0.1, 0.15) is 5.56 Å². The minimum absolute atomic E-state index is 0.0626. The molecule has 0 radical (unpaired) electrons. The minimum atomic E-state index is -0.820. The first-order valence-corrected chi connectivity index (χ1v) is 8.72. The van der Waals surface area contributed by atoms with E-state index >= 15 is 0 Å². The molecule has 0 saturated carbocycles. The first-order chi connectivity index (χ1) is 14.5. The molecule has 0 aliphatic heterocycles. The molecule has 3 N–H and O–H groups in total. The van der Waals surface area contributed by atoms with Crippen LogP contribution in [0.4, 0.5) is 14.6 Å². The Hall–Kier alpha value is -3.76. The number of hydrogen-bond acceptors (Lipinski definition) is 9. The van der Waals surface area contributed by atoms with Gasteiger partial charge < -0.3 is 35.0 Å². The fourth-order valence-corrected chi connectivity index (χ4v) is 2.35. The van der Waals surface area contributed by atoms with Crippen molar-refractivity contribution in [1.29, 1.82) is 5.41 Å². The number of benzene rings is 1. The second kappa shape index (κ2) is 11.3. The van der Waals surface area contributed by atoms with Crippen molar-refractivity contribution in [2.24, 2.45) is 0 Å². The molecule has 2 aromatic rings. The lowest BCUT2D eigenvalue weighted by Crippen LogP contribution is -2.13. The van der Waals surface area contributed by atoms with Gasteiger partial charge in [-0.05, 0) is 0 Å². The van der Waals surface area contributed by atoms with Crippen LogP contribution in [-0.4, -0.2) is 49.8 Å². The van der Waals surface area contributed by atoms with Gasteiger partial charge in [-0.3, -0.25) is 0 Å². The van der Waals surface area contributed by atoms with E-state index in [1.54, 1.807) is 0 Å². The molecule has 0 spiro atoms. The third kappa shape index (κ3) is 5.87. The molecule has 2 rings (SSSR count). The summed E-state index contributed by atoms with van der Waals surface area (Å²) in [7, 11) is 2.55. The van der Waals surface area contributed by atoms with Crippen molar-refractivity contribution < 1.29 is 27.8 Å². The van der Waals surface area contributed by atoms with E-state index in [9.17, 15) is 13.6 Å². The van der Waals surface area contributed by atoms with Crippen LogP contribution < -0.4 is 24.8 Å². The number of hydrogen-bond donors (Lipinski definition) is 3. The van der Waals surface area contributed by atoms with Gasteiger partial charge >= 0.3 is 0 Å². The number of rotatable bonds is 12. The molecule has 1 heterocycles. The number of carbonyl (C=O) groups is 1. The maximum Gasteiger partial charge on any atom is 0.232 e. The molecule has 1 aromatic carbocycles. The van der Waals surface area contributed by atoms with Crippen LogP contribution in [0, 0.1) is 17.0 Å². The minimum Gasteiger partial charge on any atom is -0.494 e. The summed E-state index contributed by atoms with van der Waals surface area (Å²) in [5.41, 5.74) is 0.138. The van der Waals surface area contributed by atoms with Gasteiger partial charge in [0, 0.05) is 30.5 Å². The third-order valence-corrected chi connectivity index (χ3v) is 3.78. The molecule has 0 aliphatic carbocycles. The van der Waals surface area contributed by atoms with Crippen molar-refractivity contribution >= 4 is 18.3 Å². The zero-order valence-corrected chi connectivity index (χ0v) is 16.4. The predicted octanol–water partition coefficient (Wildman–Crippen LogP) is 2.08. The fraction of sp³-hybridized carbons (Fsp3) is 0.263.